The molecule has 5 nitrogen and oxygen atoms in total. The van der Waals surface area contributed by atoms with E-state index in [9.17, 15) is 4.79 Å². The monoisotopic (exact) mass is 255 g/mol. The van der Waals surface area contributed by atoms with Crippen LogP contribution in [0.15, 0.2) is 0 Å². The summed E-state index contributed by atoms with van der Waals surface area (Å²) in [6.45, 7) is 7.39. The number of carbonyl (C=O) groups excluding carboxylic acids is 1. The Bertz CT molecular complexity index is 296. The van der Waals surface area contributed by atoms with Crippen LogP contribution < -0.4 is 11.1 Å². The first-order valence-electron chi connectivity index (χ1n) is 6.97. The Labute approximate surface area is 109 Å². The molecule has 3 N–H and O–H groups in total. The zero-order valence-corrected chi connectivity index (χ0v) is 11.4. The van der Waals surface area contributed by atoms with Crippen molar-refractivity contribution in [3.8, 4) is 0 Å². The highest BCUT2D eigenvalue weighted by Crippen LogP contribution is 2.22. The van der Waals surface area contributed by atoms with Crippen molar-refractivity contribution in [2.75, 3.05) is 26.2 Å². The van der Waals surface area contributed by atoms with E-state index in [-0.39, 0.29) is 17.9 Å². The molecule has 2 fully saturated rings. The molecule has 0 aromatic heterocycles. The molecular weight excluding hydrogens is 230 g/mol. The summed E-state index contributed by atoms with van der Waals surface area (Å²) in [5.74, 6) is 0.0948. The number of ether oxygens (including phenoxy) is 1. The van der Waals surface area contributed by atoms with Crippen LogP contribution in [0.25, 0.3) is 0 Å². The molecule has 2 aliphatic rings. The second-order valence-corrected chi connectivity index (χ2v) is 5.76. The van der Waals surface area contributed by atoms with E-state index in [2.05, 4.69) is 10.2 Å². The van der Waals surface area contributed by atoms with Crippen molar-refractivity contribution in [1.29, 1.82) is 0 Å². The Morgan fingerprint density at radius 2 is 2.33 bits per heavy atom. The van der Waals surface area contributed by atoms with Crippen LogP contribution in [0.1, 0.15) is 26.7 Å². The van der Waals surface area contributed by atoms with Gasteiger partial charge in [0.1, 0.15) is 0 Å². The molecule has 2 aliphatic heterocycles. The fraction of sp³-hybridized carbons (Fsp3) is 0.923. The maximum absolute atomic E-state index is 11.7. The molecule has 3 atom stereocenters. The maximum Gasteiger partial charge on any atom is 0.237 e. The van der Waals surface area contributed by atoms with Crippen molar-refractivity contribution >= 4 is 5.91 Å². The Morgan fingerprint density at radius 3 is 3.06 bits per heavy atom. The van der Waals surface area contributed by atoms with Gasteiger partial charge in [0.2, 0.25) is 5.91 Å². The van der Waals surface area contributed by atoms with Gasteiger partial charge in [0.25, 0.3) is 0 Å². The minimum absolute atomic E-state index is 0.0721. The topological polar surface area (TPSA) is 67.6 Å². The number of nitrogens with one attached hydrogen (secondary N) is 1. The molecule has 18 heavy (non-hydrogen) atoms. The standard InChI is InChI=1S/C13H25N3O2/c1-9(2)12(14)13(17)15-6-11-7-16-5-3-4-10(16)8-18-11/h9-12H,3-8,14H2,1-2H3,(H,15,17)/t10?,11?,12-/m1/s1. The number of morpholine rings is 1. The van der Waals surface area contributed by atoms with Crippen molar-refractivity contribution in [3.05, 3.63) is 0 Å². The number of hydrogen-bond donors (Lipinski definition) is 2. The number of rotatable bonds is 4. The largest absolute Gasteiger partial charge is 0.373 e. The summed E-state index contributed by atoms with van der Waals surface area (Å²) in [7, 11) is 0. The summed E-state index contributed by atoms with van der Waals surface area (Å²) in [6, 6.07) is 0.183. The van der Waals surface area contributed by atoms with Gasteiger partial charge in [0.05, 0.1) is 18.8 Å². The van der Waals surface area contributed by atoms with Gasteiger partial charge in [-0.1, -0.05) is 13.8 Å². The average molecular weight is 255 g/mol. The van der Waals surface area contributed by atoms with Gasteiger partial charge in [-0.25, -0.2) is 0 Å². The molecular formula is C13H25N3O2. The Hall–Kier alpha value is -0.650. The van der Waals surface area contributed by atoms with Crippen LogP contribution in [-0.2, 0) is 9.53 Å². The van der Waals surface area contributed by atoms with Gasteiger partial charge < -0.3 is 15.8 Å². The number of carbonyl (C=O) groups is 1. The van der Waals surface area contributed by atoms with E-state index in [0.29, 0.717) is 12.6 Å². The molecule has 0 aliphatic carbocycles. The maximum atomic E-state index is 11.7. The molecule has 5 heteroatoms. The Kier molecular flexibility index (Phi) is 4.59. The molecule has 0 saturated carbocycles. The second kappa shape index (κ2) is 5.99. The van der Waals surface area contributed by atoms with E-state index < -0.39 is 6.04 Å². The highest BCUT2D eigenvalue weighted by Gasteiger charge is 2.32. The van der Waals surface area contributed by atoms with Crippen molar-refractivity contribution in [2.45, 2.75) is 44.9 Å². The van der Waals surface area contributed by atoms with Crippen molar-refractivity contribution in [1.82, 2.24) is 10.2 Å². The average Bonchev–Trinajstić information content (AvgIpc) is 2.82. The Balaban J connectivity index is 1.72. The number of fused-ring (bicyclic) bond motifs is 1. The third kappa shape index (κ3) is 3.22. The van der Waals surface area contributed by atoms with E-state index >= 15 is 0 Å². The number of nitrogens with zero attached hydrogens (tertiary/aromatic N) is 1. The summed E-state index contributed by atoms with van der Waals surface area (Å²) in [5.41, 5.74) is 5.80. The quantitative estimate of drug-likeness (QED) is 0.739. The number of nitrogens with two attached hydrogens (primary N) is 1. The van der Waals surface area contributed by atoms with Crippen LogP contribution in [0.5, 0.6) is 0 Å². The van der Waals surface area contributed by atoms with Gasteiger partial charge in [-0.3, -0.25) is 9.69 Å². The molecule has 104 valence electrons. The first-order valence-corrected chi connectivity index (χ1v) is 6.97. The zero-order chi connectivity index (χ0) is 13.1. The summed E-state index contributed by atoms with van der Waals surface area (Å²) in [6.07, 6.45) is 2.63. The van der Waals surface area contributed by atoms with Crippen LogP contribution in [0, 0.1) is 5.92 Å². The fourth-order valence-corrected chi connectivity index (χ4v) is 2.64. The van der Waals surface area contributed by atoms with Gasteiger partial charge in [-0.15, -0.1) is 0 Å². The van der Waals surface area contributed by atoms with Crippen molar-refractivity contribution in [2.24, 2.45) is 11.7 Å². The van der Waals surface area contributed by atoms with Crippen LogP contribution in [0.3, 0.4) is 0 Å². The zero-order valence-electron chi connectivity index (χ0n) is 11.4. The lowest BCUT2D eigenvalue weighted by molar-refractivity contribution is -0.124. The molecule has 2 unspecified atom stereocenters. The van der Waals surface area contributed by atoms with Gasteiger partial charge in [-0.05, 0) is 25.3 Å². The predicted molar refractivity (Wildman–Crippen MR) is 70.2 cm³/mol. The number of hydrogen-bond acceptors (Lipinski definition) is 4. The highest BCUT2D eigenvalue weighted by atomic mass is 16.5. The fourth-order valence-electron chi connectivity index (χ4n) is 2.64. The smallest absolute Gasteiger partial charge is 0.237 e. The van der Waals surface area contributed by atoms with Gasteiger partial charge in [0.15, 0.2) is 0 Å². The highest BCUT2D eigenvalue weighted by molar-refractivity contribution is 5.81. The van der Waals surface area contributed by atoms with E-state index in [1.165, 1.54) is 19.4 Å². The lowest BCUT2D eigenvalue weighted by Crippen LogP contribution is -2.52. The van der Waals surface area contributed by atoms with E-state index in [1.807, 2.05) is 13.8 Å². The molecule has 0 aromatic rings. The molecule has 0 radical (unpaired) electrons. The summed E-state index contributed by atoms with van der Waals surface area (Å²) in [5, 5.41) is 2.90. The summed E-state index contributed by atoms with van der Waals surface area (Å²) in [4.78, 5) is 14.2. The predicted octanol–water partition coefficient (Wildman–Crippen LogP) is -0.0509. The lowest BCUT2D eigenvalue weighted by atomic mass is 10.0. The molecule has 0 spiro atoms. The van der Waals surface area contributed by atoms with Crippen molar-refractivity contribution < 1.29 is 9.53 Å². The van der Waals surface area contributed by atoms with Crippen LogP contribution in [-0.4, -0.2) is 55.2 Å². The van der Waals surface area contributed by atoms with Crippen molar-refractivity contribution in [3.63, 3.8) is 0 Å². The minimum atomic E-state index is -0.423. The summed E-state index contributed by atoms with van der Waals surface area (Å²) >= 11 is 0. The minimum Gasteiger partial charge on any atom is -0.373 e. The van der Waals surface area contributed by atoms with Gasteiger partial charge in [-0.2, -0.15) is 0 Å². The van der Waals surface area contributed by atoms with E-state index in [1.54, 1.807) is 0 Å². The van der Waals surface area contributed by atoms with E-state index in [0.717, 1.165) is 13.2 Å². The van der Waals surface area contributed by atoms with Crippen LogP contribution in [0.4, 0.5) is 0 Å². The molecule has 0 bridgehead atoms. The van der Waals surface area contributed by atoms with Crippen LogP contribution in [0.2, 0.25) is 0 Å². The molecule has 1 amide bonds. The molecule has 2 rings (SSSR count). The van der Waals surface area contributed by atoms with Gasteiger partial charge in [0, 0.05) is 19.1 Å². The first-order chi connectivity index (χ1) is 8.58. The summed E-state index contributed by atoms with van der Waals surface area (Å²) < 4.78 is 5.79. The SMILES string of the molecule is CC(C)[C@@H](N)C(=O)NCC1CN2CCCC2CO1. The third-order valence-corrected chi connectivity index (χ3v) is 3.99. The normalized spacial score (nSPS) is 30.2. The number of amides is 1. The first kappa shape index (κ1) is 13.8. The lowest BCUT2D eigenvalue weighted by Gasteiger charge is -2.35. The second-order valence-electron chi connectivity index (χ2n) is 5.76. The van der Waals surface area contributed by atoms with Crippen LogP contribution >= 0.6 is 0 Å². The molecule has 2 saturated heterocycles. The molecule has 0 aromatic carbocycles. The van der Waals surface area contributed by atoms with E-state index in [4.69, 9.17) is 10.5 Å². The Morgan fingerprint density at radius 1 is 1.56 bits per heavy atom. The third-order valence-electron chi connectivity index (χ3n) is 3.99. The molecule has 2 heterocycles. The van der Waals surface area contributed by atoms with Gasteiger partial charge >= 0.3 is 0 Å².